The van der Waals surface area contributed by atoms with Crippen molar-refractivity contribution in [1.29, 1.82) is 0 Å². The second kappa shape index (κ2) is 8.45. The quantitative estimate of drug-likeness (QED) is 0.576. The fraction of sp³-hybridized carbons (Fsp3) is 0.250. The minimum absolute atomic E-state index is 0.0259. The van der Waals surface area contributed by atoms with Gasteiger partial charge in [-0.25, -0.2) is 0 Å². The van der Waals surface area contributed by atoms with Crippen LogP contribution in [0.4, 0.5) is 11.4 Å². The Labute approximate surface area is 175 Å². The van der Waals surface area contributed by atoms with Crippen LogP contribution >= 0.6 is 0 Å². The van der Waals surface area contributed by atoms with Crippen molar-refractivity contribution in [1.82, 2.24) is 0 Å². The van der Waals surface area contributed by atoms with Crippen LogP contribution in [0, 0.1) is 19.8 Å². The maximum atomic E-state index is 12.5. The van der Waals surface area contributed by atoms with E-state index in [4.69, 9.17) is 9.15 Å². The summed E-state index contributed by atoms with van der Waals surface area (Å²) in [5.74, 6) is 1.33. The average molecular weight is 404 g/mol. The normalized spacial score (nSPS) is 13.0. The SMILES string of the molecule is Cc1ccc(OCc2ccc(C(=O)Nc3cccc(NC(=O)C4CC4)c3)o2)c(C)c1. The van der Waals surface area contributed by atoms with Gasteiger partial charge in [-0.3, -0.25) is 9.59 Å². The molecular formula is C24H24N2O4. The van der Waals surface area contributed by atoms with Crippen molar-refractivity contribution >= 4 is 23.2 Å². The maximum Gasteiger partial charge on any atom is 0.291 e. The fourth-order valence-corrected chi connectivity index (χ4v) is 3.14. The van der Waals surface area contributed by atoms with Crippen molar-refractivity contribution in [2.24, 2.45) is 5.92 Å². The van der Waals surface area contributed by atoms with Gasteiger partial charge in [-0.1, -0.05) is 23.8 Å². The molecule has 1 heterocycles. The highest BCUT2D eigenvalue weighted by Crippen LogP contribution is 2.30. The number of aryl methyl sites for hydroxylation is 2. The Morgan fingerprint density at radius 3 is 2.50 bits per heavy atom. The summed E-state index contributed by atoms with van der Waals surface area (Å²) in [5, 5.41) is 5.67. The monoisotopic (exact) mass is 404 g/mol. The molecule has 3 aromatic rings. The van der Waals surface area contributed by atoms with E-state index < -0.39 is 0 Å². The van der Waals surface area contributed by atoms with E-state index in [0.717, 1.165) is 24.2 Å². The van der Waals surface area contributed by atoms with E-state index in [1.807, 2.05) is 26.0 Å². The molecule has 1 saturated carbocycles. The van der Waals surface area contributed by atoms with Gasteiger partial charge in [-0.2, -0.15) is 0 Å². The van der Waals surface area contributed by atoms with Crippen LogP contribution in [0.2, 0.25) is 0 Å². The predicted octanol–water partition coefficient (Wildman–Crippen LogP) is 5.08. The molecule has 30 heavy (non-hydrogen) atoms. The summed E-state index contributed by atoms with van der Waals surface area (Å²) in [6.45, 7) is 4.26. The van der Waals surface area contributed by atoms with Crippen LogP contribution in [0.1, 0.15) is 40.3 Å². The van der Waals surface area contributed by atoms with E-state index in [9.17, 15) is 9.59 Å². The molecule has 1 aromatic heterocycles. The Morgan fingerprint density at radius 1 is 1.00 bits per heavy atom. The van der Waals surface area contributed by atoms with Crippen molar-refractivity contribution < 1.29 is 18.7 Å². The number of carbonyl (C=O) groups is 2. The third-order valence-electron chi connectivity index (χ3n) is 4.92. The van der Waals surface area contributed by atoms with E-state index >= 15 is 0 Å². The van der Waals surface area contributed by atoms with Gasteiger partial charge < -0.3 is 19.8 Å². The van der Waals surface area contributed by atoms with Gasteiger partial charge in [-0.15, -0.1) is 0 Å². The number of nitrogens with one attached hydrogen (secondary N) is 2. The Balaban J connectivity index is 1.35. The van der Waals surface area contributed by atoms with Gasteiger partial charge in [0.25, 0.3) is 5.91 Å². The molecule has 154 valence electrons. The number of carbonyl (C=O) groups excluding carboxylic acids is 2. The zero-order valence-corrected chi connectivity index (χ0v) is 17.0. The molecule has 1 fully saturated rings. The molecule has 2 N–H and O–H groups in total. The topological polar surface area (TPSA) is 80.6 Å². The lowest BCUT2D eigenvalue weighted by atomic mass is 10.1. The summed E-state index contributed by atoms with van der Waals surface area (Å²) in [6.07, 6.45) is 1.88. The Morgan fingerprint density at radius 2 is 1.77 bits per heavy atom. The fourth-order valence-electron chi connectivity index (χ4n) is 3.14. The second-order valence-corrected chi connectivity index (χ2v) is 7.62. The molecule has 1 aliphatic carbocycles. The van der Waals surface area contributed by atoms with Gasteiger partial charge in [0.2, 0.25) is 5.91 Å². The van der Waals surface area contributed by atoms with Crippen LogP contribution in [-0.4, -0.2) is 11.8 Å². The molecule has 0 bridgehead atoms. The molecule has 2 amide bonds. The highest BCUT2D eigenvalue weighted by atomic mass is 16.5. The molecule has 1 aliphatic rings. The summed E-state index contributed by atoms with van der Waals surface area (Å²) in [4.78, 5) is 24.4. The summed E-state index contributed by atoms with van der Waals surface area (Å²) in [6, 6.07) is 16.4. The van der Waals surface area contributed by atoms with E-state index in [1.165, 1.54) is 5.56 Å². The first-order chi connectivity index (χ1) is 14.5. The van der Waals surface area contributed by atoms with Crippen molar-refractivity contribution in [3.8, 4) is 5.75 Å². The van der Waals surface area contributed by atoms with Gasteiger partial charge in [0.15, 0.2) is 5.76 Å². The van der Waals surface area contributed by atoms with Crippen LogP contribution in [0.25, 0.3) is 0 Å². The number of hydrogen-bond donors (Lipinski definition) is 2. The highest BCUT2D eigenvalue weighted by molar-refractivity contribution is 6.03. The van der Waals surface area contributed by atoms with Crippen molar-refractivity contribution in [2.45, 2.75) is 33.3 Å². The average Bonchev–Trinajstić information content (AvgIpc) is 3.46. The van der Waals surface area contributed by atoms with E-state index in [2.05, 4.69) is 16.7 Å². The zero-order chi connectivity index (χ0) is 21.1. The molecule has 0 unspecified atom stereocenters. The molecule has 0 atom stereocenters. The van der Waals surface area contributed by atoms with Crippen molar-refractivity contribution in [2.75, 3.05) is 10.6 Å². The number of ether oxygens (including phenoxy) is 1. The Bertz CT molecular complexity index is 1080. The highest BCUT2D eigenvalue weighted by Gasteiger charge is 2.29. The number of anilines is 2. The summed E-state index contributed by atoms with van der Waals surface area (Å²) in [5.41, 5.74) is 3.46. The number of hydrogen-bond acceptors (Lipinski definition) is 4. The number of benzene rings is 2. The number of rotatable bonds is 7. The van der Waals surface area contributed by atoms with Crippen molar-refractivity contribution in [3.05, 3.63) is 77.2 Å². The van der Waals surface area contributed by atoms with E-state index in [0.29, 0.717) is 17.1 Å². The van der Waals surface area contributed by atoms with E-state index in [-0.39, 0.29) is 30.1 Å². The summed E-state index contributed by atoms with van der Waals surface area (Å²) < 4.78 is 11.4. The third-order valence-corrected chi connectivity index (χ3v) is 4.92. The molecule has 6 heteroatoms. The van der Waals surface area contributed by atoms with Crippen LogP contribution in [0.3, 0.4) is 0 Å². The van der Waals surface area contributed by atoms with Gasteiger partial charge >= 0.3 is 0 Å². The first-order valence-corrected chi connectivity index (χ1v) is 9.99. The largest absolute Gasteiger partial charge is 0.485 e. The summed E-state index contributed by atoms with van der Waals surface area (Å²) in [7, 11) is 0. The second-order valence-electron chi connectivity index (χ2n) is 7.62. The maximum absolute atomic E-state index is 12.5. The molecule has 6 nitrogen and oxygen atoms in total. The lowest BCUT2D eigenvalue weighted by molar-refractivity contribution is -0.117. The molecule has 0 aliphatic heterocycles. The molecule has 0 spiro atoms. The van der Waals surface area contributed by atoms with Gasteiger partial charge in [-0.05, 0) is 68.7 Å². The Hall–Kier alpha value is -3.54. The van der Waals surface area contributed by atoms with Gasteiger partial charge in [0, 0.05) is 17.3 Å². The zero-order valence-electron chi connectivity index (χ0n) is 17.0. The van der Waals surface area contributed by atoms with Gasteiger partial charge in [0.05, 0.1) is 0 Å². The summed E-state index contributed by atoms with van der Waals surface area (Å²) >= 11 is 0. The van der Waals surface area contributed by atoms with Crippen molar-refractivity contribution in [3.63, 3.8) is 0 Å². The molecule has 2 aromatic carbocycles. The molecular weight excluding hydrogens is 380 g/mol. The van der Waals surface area contributed by atoms with Crippen LogP contribution in [0.5, 0.6) is 5.75 Å². The smallest absolute Gasteiger partial charge is 0.291 e. The van der Waals surface area contributed by atoms with Crippen LogP contribution < -0.4 is 15.4 Å². The molecule has 0 radical (unpaired) electrons. The Kier molecular flexibility index (Phi) is 5.57. The third kappa shape index (κ3) is 4.89. The molecule has 4 rings (SSSR count). The van der Waals surface area contributed by atoms with E-state index in [1.54, 1.807) is 36.4 Å². The molecule has 0 saturated heterocycles. The minimum Gasteiger partial charge on any atom is -0.485 e. The number of furan rings is 1. The predicted molar refractivity (Wildman–Crippen MR) is 115 cm³/mol. The lowest BCUT2D eigenvalue weighted by Crippen LogP contribution is -2.14. The van der Waals surface area contributed by atoms with Crippen LogP contribution in [0.15, 0.2) is 59.0 Å². The first kappa shape index (κ1) is 19.8. The van der Waals surface area contributed by atoms with Crippen LogP contribution in [-0.2, 0) is 11.4 Å². The minimum atomic E-state index is -0.363. The lowest BCUT2D eigenvalue weighted by Gasteiger charge is -2.09. The van der Waals surface area contributed by atoms with Gasteiger partial charge in [0.1, 0.15) is 18.1 Å². The standard InChI is InChI=1S/C24H24N2O4/c1-15-6-10-21(16(2)12-15)29-14-20-9-11-22(30-20)24(28)26-19-5-3-4-18(13-19)25-23(27)17-7-8-17/h3-6,9-13,17H,7-8,14H2,1-2H3,(H,25,27)(H,26,28). The first-order valence-electron chi connectivity index (χ1n) is 9.99. The number of amides is 2.